The summed E-state index contributed by atoms with van der Waals surface area (Å²) in [6.07, 6.45) is 2.06. The topological polar surface area (TPSA) is 39.6 Å². The minimum absolute atomic E-state index is 0.0915. The molecule has 0 bridgehead atoms. The minimum atomic E-state index is 0.0915. The van der Waals surface area contributed by atoms with E-state index in [1.54, 1.807) is 0 Å². The van der Waals surface area contributed by atoms with Crippen molar-refractivity contribution in [3.8, 4) is 0 Å². The first-order valence-corrected chi connectivity index (χ1v) is 8.04. The van der Waals surface area contributed by atoms with Crippen LogP contribution in [0.25, 0.3) is 0 Å². The van der Waals surface area contributed by atoms with Crippen LogP contribution in [0.3, 0.4) is 0 Å². The molecule has 0 spiro atoms. The summed E-state index contributed by atoms with van der Waals surface area (Å²) in [7, 11) is 0. The molecule has 21 heavy (non-hydrogen) atoms. The van der Waals surface area contributed by atoms with Gasteiger partial charge in [-0.15, -0.1) is 0 Å². The van der Waals surface area contributed by atoms with Crippen molar-refractivity contribution in [2.45, 2.75) is 52.7 Å². The highest BCUT2D eigenvalue weighted by Gasteiger charge is 2.26. The van der Waals surface area contributed by atoms with Gasteiger partial charge < -0.3 is 10.0 Å². The number of piperazine rings is 1. The molecule has 1 N–H and O–H groups in total. The molecule has 4 nitrogen and oxygen atoms in total. The molecular formula is C17H29N3O. The molecule has 0 amide bonds. The van der Waals surface area contributed by atoms with E-state index >= 15 is 0 Å². The average molecular weight is 291 g/mol. The van der Waals surface area contributed by atoms with Gasteiger partial charge in [-0.05, 0) is 44.9 Å². The van der Waals surface area contributed by atoms with Gasteiger partial charge in [-0.3, -0.25) is 4.90 Å². The standard InChI is InChI=1S/C17H29N3O/c1-5-6-15-11-14(13-21)12-16(18-15)19-7-9-20(10-8-19)17(2,3)4/h11-12,21H,5-10,13H2,1-4H3. The molecule has 1 aromatic heterocycles. The molecule has 1 aromatic rings. The number of aliphatic hydroxyl groups excluding tert-OH is 1. The second-order valence-corrected chi connectivity index (χ2v) is 6.88. The molecule has 2 rings (SSSR count). The number of aliphatic hydroxyl groups is 1. The van der Waals surface area contributed by atoms with Crippen LogP contribution in [0, 0.1) is 0 Å². The van der Waals surface area contributed by atoms with Gasteiger partial charge in [0.15, 0.2) is 0 Å². The fourth-order valence-electron chi connectivity index (χ4n) is 2.88. The first-order valence-electron chi connectivity index (χ1n) is 8.04. The van der Waals surface area contributed by atoms with E-state index < -0.39 is 0 Å². The largest absolute Gasteiger partial charge is 0.392 e. The third-order valence-electron chi connectivity index (χ3n) is 4.17. The SMILES string of the molecule is CCCc1cc(CO)cc(N2CCN(C(C)(C)C)CC2)n1. The summed E-state index contributed by atoms with van der Waals surface area (Å²) in [5, 5.41) is 9.45. The highest BCUT2D eigenvalue weighted by molar-refractivity contribution is 5.43. The van der Waals surface area contributed by atoms with E-state index in [0.29, 0.717) is 0 Å². The van der Waals surface area contributed by atoms with Gasteiger partial charge in [0.25, 0.3) is 0 Å². The van der Waals surface area contributed by atoms with Crippen molar-refractivity contribution in [1.82, 2.24) is 9.88 Å². The summed E-state index contributed by atoms with van der Waals surface area (Å²) >= 11 is 0. The Kier molecular flexibility index (Phi) is 5.22. The van der Waals surface area contributed by atoms with Crippen molar-refractivity contribution in [3.05, 3.63) is 23.4 Å². The van der Waals surface area contributed by atoms with Crippen molar-refractivity contribution in [3.63, 3.8) is 0 Å². The maximum Gasteiger partial charge on any atom is 0.129 e. The lowest BCUT2D eigenvalue weighted by molar-refractivity contribution is 0.128. The molecule has 4 heteroatoms. The van der Waals surface area contributed by atoms with Gasteiger partial charge >= 0.3 is 0 Å². The lowest BCUT2D eigenvalue weighted by Crippen LogP contribution is -2.53. The average Bonchev–Trinajstić information content (AvgIpc) is 2.46. The molecule has 2 heterocycles. The van der Waals surface area contributed by atoms with Crippen molar-refractivity contribution in [2.75, 3.05) is 31.1 Å². The summed E-state index contributed by atoms with van der Waals surface area (Å²) in [5.41, 5.74) is 2.30. The van der Waals surface area contributed by atoms with Crippen LogP contribution in [0.4, 0.5) is 5.82 Å². The van der Waals surface area contributed by atoms with Gasteiger partial charge in [-0.1, -0.05) is 13.3 Å². The predicted octanol–water partition coefficient (Wildman–Crippen LogP) is 2.45. The molecule has 0 aromatic carbocycles. The van der Waals surface area contributed by atoms with Crippen LogP contribution in [0.15, 0.2) is 12.1 Å². The molecule has 0 saturated carbocycles. The van der Waals surface area contributed by atoms with E-state index in [-0.39, 0.29) is 12.1 Å². The number of hydrogen-bond donors (Lipinski definition) is 1. The molecular weight excluding hydrogens is 262 g/mol. The number of rotatable bonds is 4. The quantitative estimate of drug-likeness (QED) is 0.925. The predicted molar refractivity (Wildman–Crippen MR) is 87.7 cm³/mol. The molecule has 0 unspecified atom stereocenters. The Morgan fingerprint density at radius 3 is 2.33 bits per heavy atom. The van der Waals surface area contributed by atoms with Gasteiger partial charge in [-0.2, -0.15) is 0 Å². The van der Waals surface area contributed by atoms with Gasteiger partial charge in [0, 0.05) is 37.4 Å². The van der Waals surface area contributed by atoms with Crippen LogP contribution in [-0.4, -0.2) is 46.7 Å². The maximum absolute atomic E-state index is 9.45. The summed E-state index contributed by atoms with van der Waals surface area (Å²) in [5.74, 6) is 1.03. The van der Waals surface area contributed by atoms with Crippen LogP contribution in [-0.2, 0) is 13.0 Å². The molecule has 118 valence electrons. The Morgan fingerprint density at radius 2 is 1.81 bits per heavy atom. The highest BCUT2D eigenvalue weighted by Crippen LogP contribution is 2.21. The van der Waals surface area contributed by atoms with Gasteiger partial charge in [0.2, 0.25) is 0 Å². The number of nitrogens with zero attached hydrogens (tertiary/aromatic N) is 3. The number of hydrogen-bond acceptors (Lipinski definition) is 4. The lowest BCUT2D eigenvalue weighted by Gasteiger charge is -2.42. The normalized spacial score (nSPS) is 17.3. The third kappa shape index (κ3) is 4.17. The Morgan fingerprint density at radius 1 is 1.14 bits per heavy atom. The fraction of sp³-hybridized carbons (Fsp3) is 0.706. The summed E-state index contributed by atoms with van der Waals surface area (Å²) in [4.78, 5) is 9.65. The Hall–Kier alpha value is -1.13. The van der Waals surface area contributed by atoms with E-state index in [9.17, 15) is 5.11 Å². The second kappa shape index (κ2) is 6.75. The molecule has 0 radical (unpaired) electrons. The number of aryl methyl sites for hydroxylation is 1. The first kappa shape index (κ1) is 16.2. The summed E-state index contributed by atoms with van der Waals surface area (Å²) in [6, 6.07) is 4.06. The van der Waals surface area contributed by atoms with E-state index in [1.807, 2.05) is 12.1 Å². The first-order chi connectivity index (χ1) is 9.94. The van der Waals surface area contributed by atoms with E-state index in [4.69, 9.17) is 4.98 Å². The van der Waals surface area contributed by atoms with Crippen molar-refractivity contribution < 1.29 is 5.11 Å². The Balaban J connectivity index is 2.10. The molecule has 0 aliphatic carbocycles. The third-order valence-corrected chi connectivity index (χ3v) is 4.17. The zero-order valence-corrected chi connectivity index (χ0v) is 13.9. The van der Waals surface area contributed by atoms with E-state index in [2.05, 4.69) is 37.5 Å². The smallest absolute Gasteiger partial charge is 0.129 e. The zero-order chi connectivity index (χ0) is 15.5. The minimum Gasteiger partial charge on any atom is -0.392 e. The van der Waals surface area contributed by atoms with Crippen molar-refractivity contribution >= 4 is 5.82 Å². The number of anilines is 1. The van der Waals surface area contributed by atoms with Crippen LogP contribution in [0.2, 0.25) is 0 Å². The van der Waals surface area contributed by atoms with Gasteiger partial charge in [-0.25, -0.2) is 4.98 Å². The zero-order valence-electron chi connectivity index (χ0n) is 13.9. The molecule has 1 saturated heterocycles. The molecule has 0 atom stereocenters. The number of aromatic nitrogens is 1. The second-order valence-electron chi connectivity index (χ2n) is 6.88. The summed E-state index contributed by atoms with van der Waals surface area (Å²) < 4.78 is 0. The van der Waals surface area contributed by atoms with Gasteiger partial charge in [0.05, 0.1) is 6.61 Å². The van der Waals surface area contributed by atoms with Crippen LogP contribution in [0.1, 0.15) is 45.4 Å². The highest BCUT2D eigenvalue weighted by atomic mass is 16.3. The number of pyridine rings is 1. The van der Waals surface area contributed by atoms with E-state index in [0.717, 1.165) is 56.1 Å². The fourth-order valence-corrected chi connectivity index (χ4v) is 2.88. The molecule has 1 fully saturated rings. The molecule has 1 aliphatic rings. The maximum atomic E-state index is 9.45. The molecule has 1 aliphatic heterocycles. The van der Waals surface area contributed by atoms with E-state index in [1.165, 1.54) is 0 Å². The van der Waals surface area contributed by atoms with Crippen LogP contribution < -0.4 is 4.90 Å². The van der Waals surface area contributed by atoms with Crippen molar-refractivity contribution in [1.29, 1.82) is 0 Å². The van der Waals surface area contributed by atoms with Crippen molar-refractivity contribution in [2.24, 2.45) is 0 Å². The Bertz CT molecular complexity index is 460. The lowest BCUT2D eigenvalue weighted by atomic mass is 10.0. The monoisotopic (exact) mass is 291 g/mol. The van der Waals surface area contributed by atoms with Crippen LogP contribution in [0.5, 0.6) is 0 Å². The van der Waals surface area contributed by atoms with Crippen LogP contribution >= 0.6 is 0 Å². The summed E-state index contributed by atoms with van der Waals surface area (Å²) in [6.45, 7) is 13.2. The Labute approximate surface area is 128 Å². The van der Waals surface area contributed by atoms with Gasteiger partial charge in [0.1, 0.15) is 5.82 Å².